The Hall–Kier alpha value is -3.87. The fourth-order valence-electron chi connectivity index (χ4n) is 4.88. The SMILES string of the molecule is Cc1cc(-n2c(O)c3n(c2=O)[C@@H]2CC3N(C(=O)c3cc(C(C)(C)C)nn3C)C2)cnc1C#N. The third-order valence-corrected chi connectivity index (χ3v) is 6.61. The van der Waals surface area contributed by atoms with Crippen LogP contribution in [0.1, 0.15) is 72.4 Å². The van der Waals surface area contributed by atoms with Gasteiger partial charge in [-0.1, -0.05) is 20.8 Å². The van der Waals surface area contributed by atoms with Crippen molar-refractivity contribution in [2.24, 2.45) is 7.05 Å². The molecule has 10 nitrogen and oxygen atoms in total. The summed E-state index contributed by atoms with van der Waals surface area (Å²) in [5.41, 5.74) is 2.44. The topological polar surface area (TPSA) is 122 Å². The number of aryl methyl sites for hydroxylation is 2. The fourth-order valence-corrected chi connectivity index (χ4v) is 4.88. The van der Waals surface area contributed by atoms with E-state index in [1.54, 1.807) is 34.2 Å². The predicted molar refractivity (Wildman–Crippen MR) is 118 cm³/mol. The van der Waals surface area contributed by atoms with Crippen molar-refractivity contribution in [3.8, 4) is 17.6 Å². The molecule has 1 fully saturated rings. The first-order valence-electron chi connectivity index (χ1n) is 10.8. The van der Waals surface area contributed by atoms with Gasteiger partial charge in [-0.25, -0.2) is 14.3 Å². The molecule has 1 amide bonds. The molecule has 3 aromatic heterocycles. The highest BCUT2D eigenvalue weighted by Gasteiger charge is 2.49. The van der Waals surface area contributed by atoms with E-state index < -0.39 is 6.04 Å². The number of pyridine rings is 1. The normalized spacial score (nSPS) is 19.1. The second kappa shape index (κ2) is 6.81. The lowest BCUT2D eigenvalue weighted by atomic mass is 9.92. The van der Waals surface area contributed by atoms with Gasteiger partial charge in [0.25, 0.3) is 5.91 Å². The summed E-state index contributed by atoms with van der Waals surface area (Å²) >= 11 is 0. The van der Waals surface area contributed by atoms with Crippen molar-refractivity contribution in [3.63, 3.8) is 0 Å². The van der Waals surface area contributed by atoms with Crippen LogP contribution in [0.15, 0.2) is 23.1 Å². The van der Waals surface area contributed by atoms with Crippen LogP contribution in [0.4, 0.5) is 0 Å². The van der Waals surface area contributed by atoms with Crippen LogP contribution in [0.2, 0.25) is 0 Å². The molecular weight excluding hydrogens is 422 g/mol. The number of fused-ring (bicyclic) bond motifs is 5. The molecule has 1 unspecified atom stereocenters. The average molecular weight is 447 g/mol. The Morgan fingerprint density at radius 2 is 2.03 bits per heavy atom. The molecular formula is C23H25N7O3. The van der Waals surface area contributed by atoms with Crippen molar-refractivity contribution in [3.05, 3.63) is 57.2 Å². The van der Waals surface area contributed by atoms with E-state index in [0.29, 0.717) is 35.6 Å². The Kier molecular flexibility index (Phi) is 4.34. The van der Waals surface area contributed by atoms with Crippen LogP contribution in [0.5, 0.6) is 5.88 Å². The van der Waals surface area contributed by atoms with Gasteiger partial charge in [-0.05, 0) is 31.0 Å². The summed E-state index contributed by atoms with van der Waals surface area (Å²) in [5, 5.41) is 24.7. The second-order valence-electron chi connectivity index (χ2n) is 9.82. The zero-order valence-electron chi connectivity index (χ0n) is 19.2. The molecule has 33 heavy (non-hydrogen) atoms. The number of imidazole rings is 1. The monoisotopic (exact) mass is 447 g/mol. The molecule has 170 valence electrons. The number of aromatic nitrogens is 5. The summed E-state index contributed by atoms with van der Waals surface area (Å²) < 4.78 is 4.38. The van der Waals surface area contributed by atoms with Crippen LogP contribution < -0.4 is 5.69 Å². The van der Waals surface area contributed by atoms with Gasteiger partial charge in [-0.15, -0.1) is 0 Å². The quantitative estimate of drug-likeness (QED) is 0.642. The van der Waals surface area contributed by atoms with E-state index in [1.807, 2.05) is 32.9 Å². The van der Waals surface area contributed by atoms with Gasteiger partial charge in [0.15, 0.2) is 0 Å². The molecule has 2 aliphatic heterocycles. The number of likely N-dealkylation sites (tertiary alicyclic amines) is 1. The van der Waals surface area contributed by atoms with E-state index in [4.69, 9.17) is 5.26 Å². The molecule has 0 spiro atoms. The van der Waals surface area contributed by atoms with Crippen molar-refractivity contribution < 1.29 is 9.90 Å². The van der Waals surface area contributed by atoms with E-state index in [1.165, 1.54) is 10.8 Å². The van der Waals surface area contributed by atoms with E-state index in [-0.39, 0.29) is 34.6 Å². The third kappa shape index (κ3) is 2.92. The molecule has 0 saturated carbocycles. The van der Waals surface area contributed by atoms with Gasteiger partial charge in [-0.3, -0.25) is 14.0 Å². The maximum atomic E-state index is 13.4. The molecule has 0 aromatic carbocycles. The highest BCUT2D eigenvalue weighted by atomic mass is 16.3. The number of hydrogen-bond acceptors (Lipinski definition) is 6. The number of carbonyl (C=O) groups excluding carboxylic acids is 1. The van der Waals surface area contributed by atoms with Crippen molar-refractivity contribution >= 4 is 5.91 Å². The first-order valence-corrected chi connectivity index (χ1v) is 10.8. The zero-order valence-corrected chi connectivity index (χ0v) is 19.2. The standard InChI is InChI=1S/C23H25N7O3/c1-12-6-13(10-25-15(12)9-24)30-21(32)19-16-7-14(29(19)22(30)33)11-28(16)20(31)17-8-18(23(2,3)4)26-27(17)5/h6,8,10,14,16,32H,7,11H2,1-5H3/t14-,16?/m1/s1. The lowest BCUT2D eigenvalue weighted by molar-refractivity contribution is 0.0700. The van der Waals surface area contributed by atoms with Crippen molar-refractivity contribution in [1.82, 2.24) is 28.8 Å². The zero-order chi connectivity index (χ0) is 23.8. The van der Waals surface area contributed by atoms with Crippen LogP contribution in [0.3, 0.4) is 0 Å². The van der Waals surface area contributed by atoms with Crippen molar-refractivity contribution in [2.45, 2.75) is 51.6 Å². The summed E-state index contributed by atoms with van der Waals surface area (Å²) in [7, 11) is 1.75. The summed E-state index contributed by atoms with van der Waals surface area (Å²) in [6, 6.07) is 4.85. The second-order valence-corrected chi connectivity index (χ2v) is 9.82. The average Bonchev–Trinajstić information content (AvgIpc) is 3.49. The first-order chi connectivity index (χ1) is 15.5. The molecule has 3 aromatic rings. The lowest BCUT2D eigenvalue weighted by Gasteiger charge is -2.27. The highest BCUT2D eigenvalue weighted by Crippen LogP contribution is 2.49. The minimum Gasteiger partial charge on any atom is -0.493 e. The summed E-state index contributed by atoms with van der Waals surface area (Å²) in [6.45, 7) is 8.24. The Balaban J connectivity index is 1.54. The van der Waals surface area contributed by atoms with E-state index in [2.05, 4.69) is 10.1 Å². The van der Waals surface area contributed by atoms with Crippen LogP contribution >= 0.6 is 0 Å². The maximum absolute atomic E-state index is 13.4. The summed E-state index contributed by atoms with van der Waals surface area (Å²) in [6.07, 6.45) is 1.98. The van der Waals surface area contributed by atoms with Crippen LogP contribution in [-0.2, 0) is 12.5 Å². The number of carbonyl (C=O) groups is 1. The van der Waals surface area contributed by atoms with Gasteiger partial charge in [0.1, 0.15) is 23.2 Å². The predicted octanol–water partition coefficient (Wildman–Crippen LogP) is 2.09. The maximum Gasteiger partial charge on any atom is 0.336 e. The molecule has 1 N–H and O–H groups in total. The van der Waals surface area contributed by atoms with Gasteiger partial charge < -0.3 is 10.0 Å². The Labute approximate surface area is 190 Å². The van der Waals surface area contributed by atoms with Crippen molar-refractivity contribution in [1.29, 1.82) is 5.26 Å². The first kappa shape index (κ1) is 21.0. The fraction of sp³-hybridized carbons (Fsp3) is 0.435. The lowest BCUT2D eigenvalue weighted by Crippen LogP contribution is -2.38. The van der Waals surface area contributed by atoms with E-state index in [0.717, 1.165) is 5.69 Å². The number of rotatable bonds is 2. The van der Waals surface area contributed by atoms with E-state index in [9.17, 15) is 14.7 Å². The number of hydrogen-bond donors (Lipinski definition) is 1. The number of aromatic hydroxyl groups is 1. The van der Waals surface area contributed by atoms with Gasteiger partial charge in [0, 0.05) is 19.0 Å². The van der Waals surface area contributed by atoms with Crippen molar-refractivity contribution in [2.75, 3.05) is 6.54 Å². The Morgan fingerprint density at radius 3 is 2.64 bits per heavy atom. The molecule has 5 rings (SSSR count). The molecule has 0 aliphatic carbocycles. The largest absolute Gasteiger partial charge is 0.493 e. The third-order valence-electron chi connectivity index (χ3n) is 6.61. The van der Waals surface area contributed by atoms with Crippen LogP contribution in [0.25, 0.3) is 5.69 Å². The number of amides is 1. The summed E-state index contributed by atoms with van der Waals surface area (Å²) in [4.78, 5) is 32.5. The smallest absolute Gasteiger partial charge is 0.336 e. The Morgan fingerprint density at radius 1 is 1.30 bits per heavy atom. The number of nitrogens with zero attached hydrogens (tertiary/aromatic N) is 7. The summed E-state index contributed by atoms with van der Waals surface area (Å²) in [5.74, 6) is -0.369. The van der Waals surface area contributed by atoms with Gasteiger partial charge in [-0.2, -0.15) is 10.4 Å². The van der Waals surface area contributed by atoms with Crippen LogP contribution in [-0.4, -0.2) is 46.4 Å². The van der Waals surface area contributed by atoms with Gasteiger partial charge in [0.2, 0.25) is 5.88 Å². The molecule has 0 radical (unpaired) electrons. The molecule has 1 saturated heterocycles. The highest BCUT2D eigenvalue weighted by molar-refractivity contribution is 5.93. The van der Waals surface area contributed by atoms with E-state index >= 15 is 0 Å². The van der Waals surface area contributed by atoms with Crippen LogP contribution in [0, 0.1) is 18.3 Å². The number of nitriles is 1. The Bertz CT molecular complexity index is 1410. The molecule has 2 atom stereocenters. The molecule has 5 heterocycles. The van der Waals surface area contributed by atoms with Gasteiger partial charge >= 0.3 is 5.69 Å². The molecule has 10 heteroatoms. The minimum atomic E-state index is -0.406. The minimum absolute atomic E-state index is 0.172. The van der Waals surface area contributed by atoms with Gasteiger partial charge in [0.05, 0.1) is 29.7 Å². The molecule has 2 bridgehead atoms. The molecule has 2 aliphatic rings.